The summed E-state index contributed by atoms with van der Waals surface area (Å²) in [6, 6.07) is 3.61. The highest BCUT2D eigenvalue weighted by Crippen LogP contribution is 2.37. The Bertz CT molecular complexity index is 1140. The summed E-state index contributed by atoms with van der Waals surface area (Å²) in [4.78, 5) is 49.3. The highest BCUT2D eigenvalue weighted by atomic mass is 35.5. The van der Waals surface area contributed by atoms with Crippen molar-refractivity contribution in [3.05, 3.63) is 39.2 Å². The molecule has 1 saturated heterocycles. The van der Waals surface area contributed by atoms with Gasteiger partial charge in [-0.25, -0.2) is 4.79 Å². The molecule has 1 aromatic carbocycles. The Hall–Kier alpha value is -2.82. The molecule has 9 nitrogen and oxygen atoms in total. The number of alkyl carbamates (subject to hydrolysis) is 1. The number of amides is 3. The van der Waals surface area contributed by atoms with Crippen LogP contribution in [0, 0.1) is 5.92 Å². The number of benzene rings is 1. The molecule has 0 bridgehead atoms. The second kappa shape index (κ2) is 12.2. The summed E-state index contributed by atoms with van der Waals surface area (Å²) in [5, 5.41) is 18.0. The SMILES string of the molecule is COC(=O)NCC(CC(=O)O)C(=O)NC1CCN(C(=O)/C=C/c2cc3ccsc3c(Cl)c2Cl)CC1. The summed E-state index contributed by atoms with van der Waals surface area (Å²) in [5.74, 6) is -2.74. The number of piperidine rings is 1. The van der Waals surface area contributed by atoms with Crippen LogP contribution in [0.3, 0.4) is 0 Å². The predicted octanol–water partition coefficient (Wildman–Crippen LogP) is 3.78. The predicted molar refractivity (Wildman–Crippen MR) is 135 cm³/mol. The van der Waals surface area contributed by atoms with Crippen molar-refractivity contribution in [3.8, 4) is 0 Å². The quantitative estimate of drug-likeness (QED) is 0.436. The number of nitrogens with zero attached hydrogens (tertiary/aromatic N) is 1. The van der Waals surface area contributed by atoms with Gasteiger partial charge in [0.25, 0.3) is 0 Å². The van der Waals surface area contributed by atoms with Crippen LogP contribution < -0.4 is 10.6 Å². The lowest BCUT2D eigenvalue weighted by Crippen LogP contribution is -2.49. The van der Waals surface area contributed by atoms with Crippen molar-refractivity contribution in [1.29, 1.82) is 0 Å². The number of ether oxygens (including phenoxy) is 1. The number of carboxylic acid groups (broad SMARTS) is 1. The van der Waals surface area contributed by atoms with Crippen molar-refractivity contribution in [1.82, 2.24) is 15.5 Å². The molecule has 1 fully saturated rings. The molecule has 188 valence electrons. The number of carbonyl (C=O) groups is 4. The van der Waals surface area contributed by atoms with E-state index in [2.05, 4.69) is 15.4 Å². The number of hydrogen-bond donors (Lipinski definition) is 3. The zero-order valence-electron chi connectivity index (χ0n) is 18.9. The van der Waals surface area contributed by atoms with Crippen molar-refractivity contribution in [2.45, 2.75) is 25.3 Å². The smallest absolute Gasteiger partial charge is 0.406 e. The molecule has 1 atom stereocenters. The van der Waals surface area contributed by atoms with Crippen LogP contribution in [0.5, 0.6) is 0 Å². The third-order valence-corrected chi connectivity index (χ3v) is 7.62. The van der Waals surface area contributed by atoms with Crippen molar-refractivity contribution in [3.63, 3.8) is 0 Å². The van der Waals surface area contributed by atoms with E-state index in [-0.39, 0.29) is 18.5 Å². The number of thiophene rings is 1. The Balaban J connectivity index is 1.53. The maximum atomic E-state index is 12.7. The Morgan fingerprint density at radius 2 is 1.97 bits per heavy atom. The number of carbonyl (C=O) groups excluding carboxylic acids is 3. The topological polar surface area (TPSA) is 125 Å². The lowest BCUT2D eigenvalue weighted by molar-refractivity contribution is -0.141. The molecule has 1 aromatic heterocycles. The lowest BCUT2D eigenvalue weighted by atomic mass is 10.0. The molecular formula is C23H25Cl2N3O6S. The minimum absolute atomic E-state index is 0.156. The second-order valence-corrected chi connectivity index (χ2v) is 9.71. The molecule has 2 heterocycles. The minimum atomic E-state index is -1.15. The van der Waals surface area contributed by atoms with Crippen LogP contribution >= 0.6 is 34.5 Å². The average molecular weight is 542 g/mol. The highest BCUT2D eigenvalue weighted by molar-refractivity contribution is 7.18. The third kappa shape index (κ3) is 7.09. The molecular weight excluding hydrogens is 517 g/mol. The number of carboxylic acids is 1. The summed E-state index contributed by atoms with van der Waals surface area (Å²) in [7, 11) is 1.18. The van der Waals surface area contributed by atoms with Crippen LogP contribution in [0.2, 0.25) is 10.0 Å². The van der Waals surface area contributed by atoms with Gasteiger partial charge in [0.1, 0.15) is 0 Å². The normalized spacial score (nSPS) is 15.2. The Morgan fingerprint density at radius 3 is 2.63 bits per heavy atom. The summed E-state index contributed by atoms with van der Waals surface area (Å²) in [6.07, 6.45) is 2.96. The van der Waals surface area contributed by atoms with Gasteiger partial charge in [-0.2, -0.15) is 0 Å². The number of halogens is 2. The fourth-order valence-corrected chi connectivity index (χ4v) is 5.21. The maximum absolute atomic E-state index is 12.7. The first kappa shape index (κ1) is 26.8. The van der Waals surface area contributed by atoms with E-state index in [1.165, 1.54) is 24.5 Å². The maximum Gasteiger partial charge on any atom is 0.406 e. The van der Waals surface area contributed by atoms with E-state index < -0.39 is 30.3 Å². The van der Waals surface area contributed by atoms with Gasteiger partial charge in [0.15, 0.2) is 0 Å². The van der Waals surface area contributed by atoms with Gasteiger partial charge in [-0.15, -0.1) is 11.3 Å². The molecule has 0 radical (unpaired) electrons. The van der Waals surface area contributed by atoms with E-state index in [1.807, 2.05) is 17.5 Å². The molecule has 1 unspecified atom stereocenters. The molecule has 3 rings (SSSR count). The number of nitrogens with one attached hydrogen (secondary N) is 2. The van der Waals surface area contributed by atoms with E-state index in [4.69, 9.17) is 28.3 Å². The summed E-state index contributed by atoms with van der Waals surface area (Å²) >= 11 is 14.2. The van der Waals surface area contributed by atoms with E-state index >= 15 is 0 Å². The summed E-state index contributed by atoms with van der Waals surface area (Å²) in [5.41, 5.74) is 0.656. The zero-order chi connectivity index (χ0) is 25.5. The van der Waals surface area contributed by atoms with Crippen molar-refractivity contribution in [2.75, 3.05) is 26.7 Å². The molecule has 1 aliphatic heterocycles. The molecule has 0 aliphatic carbocycles. The number of methoxy groups -OCH3 is 1. The van der Waals surface area contributed by atoms with Gasteiger partial charge < -0.3 is 25.4 Å². The first-order chi connectivity index (χ1) is 16.7. The molecule has 2 aromatic rings. The third-order valence-electron chi connectivity index (χ3n) is 5.68. The zero-order valence-corrected chi connectivity index (χ0v) is 21.2. The number of fused-ring (bicyclic) bond motifs is 1. The fourth-order valence-electron chi connectivity index (χ4n) is 3.77. The van der Waals surface area contributed by atoms with Crippen LogP contribution in [0.4, 0.5) is 4.79 Å². The number of rotatable bonds is 8. The molecule has 12 heteroatoms. The van der Waals surface area contributed by atoms with E-state index in [0.717, 1.165) is 10.1 Å². The molecule has 3 N–H and O–H groups in total. The van der Waals surface area contributed by atoms with Crippen LogP contribution in [0.25, 0.3) is 16.2 Å². The monoisotopic (exact) mass is 541 g/mol. The van der Waals surface area contributed by atoms with E-state index in [0.29, 0.717) is 41.5 Å². The first-order valence-corrected chi connectivity index (χ1v) is 12.5. The lowest BCUT2D eigenvalue weighted by Gasteiger charge is -2.32. The fraction of sp³-hybridized carbons (Fsp3) is 0.391. The van der Waals surface area contributed by atoms with Gasteiger partial charge in [-0.1, -0.05) is 23.2 Å². The molecule has 35 heavy (non-hydrogen) atoms. The van der Waals surface area contributed by atoms with Gasteiger partial charge in [0, 0.05) is 31.8 Å². The summed E-state index contributed by atoms with van der Waals surface area (Å²) in [6.45, 7) is 0.697. The van der Waals surface area contributed by atoms with Gasteiger partial charge >= 0.3 is 12.1 Å². The van der Waals surface area contributed by atoms with Gasteiger partial charge in [0.2, 0.25) is 11.8 Å². The number of hydrogen-bond acceptors (Lipinski definition) is 6. The standard InChI is InChI=1S/C23H25Cl2N3O6S/c1-34-23(33)26-12-15(11-18(30)31)22(32)27-16-4-7-28(8-5-16)17(29)3-2-13-10-14-6-9-35-21(14)20(25)19(13)24/h2-3,6,9-10,15-16H,4-5,7-8,11-12H2,1H3,(H,26,33)(H,27,32)(H,30,31)/b3-2+. The van der Waals surface area contributed by atoms with Crippen LogP contribution in [-0.2, 0) is 19.1 Å². The number of likely N-dealkylation sites (tertiary alicyclic amines) is 1. The van der Waals surface area contributed by atoms with Gasteiger partial charge in [-0.05, 0) is 47.4 Å². The average Bonchev–Trinajstić information content (AvgIpc) is 3.31. The minimum Gasteiger partial charge on any atom is -0.481 e. The molecule has 0 saturated carbocycles. The Labute approximate surface area is 216 Å². The molecule has 0 spiro atoms. The summed E-state index contributed by atoms with van der Waals surface area (Å²) < 4.78 is 5.36. The Morgan fingerprint density at radius 1 is 1.26 bits per heavy atom. The second-order valence-electron chi connectivity index (χ2n) is 8.04. The highest BCUT2D eigenvalue weighted by Gasteiger charge is 2.27. The van der Waals surface area contributed by atoms with Gasteiger partial charge in [-0.3, -0.25) is 14.4 Å². The van der Waals surface area contributed by atoms with Crippen molar-refractivity contribution in [2.24, 2.45) is 5.92 Å². The Kier molecular flexibility index (Phi) is 9.36. The van der Waals surface area contributed by atoms with Crippen molar-refractivity contribution >= 4 is 74.6 Å². The largest absolute Gasteiger partial charge is 0.481 e. The van der Waals surface area contributed by atoms with Crippen LogP contribution in [0.15, 0.2) is 23.6 Å². The van der Waals surface area contributed by atoms with Gasteiger partial charge in [0.05, 0.1) is 34.2 Å². The van der Waals surface area contributed by atoms with E-state index in [9.17, 15) is 19.2 Å². The van der Waals surface area contributed by atoms with Crippen LogP contribution in [0.1, 0.15) is 24.8 Å². The van der Waals surface area contributed by atoms with E-state index in [1.54, 1.807) is 11.0 Å². The van der Waals surface area contributed by atoms with Crippen LogP contribution in [-0.4, -0.2) is 66.7 Å². The molecule has 3 amide bonds. The first-order valence-electron chi connectivity index (χ1n) is 10.9. The number of aliphatic carboxylic acids is 1. The molecule has 1 aliphatic rings. The van der Waals surface area contributed by atoms with Crippen molar-refractivity contribution < 1.29 is 29.0 Å².